The number of piperidine rings is 1. The first-order valence-electron chi connectivity index (χ1n) is 11.3. The van der Waals surface area contributed by atoms with Crippen LogP contribution in [0.5, 0.6) is 0 Å². The van der Waals surface area contributed by atoms with Crippen LogP contribution < -0.4 is 10.6 Å². The van der Waals surface area contributed by atoms with E-state index < -0.39 is 0 Å². The van der Waals surface area contributed by atoms with E-state index in [1.165, 1.54) is 58.2 Å². The van der Waals surface area contributed by atoms with Gasteiger partial charge in [-0.1, -0.05) is 26.2 Å². The Hall–Kier alpha value is -0.120. The highest BCUT2D eigenvalue weighted by atomic mass is 127. The summed E-state index contributed by atoms with van der Waals surface area (Å²) in [5.74, 6) is 0.899. The maximum Gasteiger partial charge on any atom is 0.191 e. The minimum atomic E-state index is 0. The fourth-order valence-corrected chi connectivity index (χ4v) is 3.15. The number of nitrogens with zero attached hydrogens (tertiary/aromatic N) is 2. The third-order valence-corrected chi connectivity index (χ3v) is 4.75. The number of ether oxygens (including phenoxy) is 2. The van der Waals surface area contributed by atoms with Crippen LogP contribution in [0.15, 0.2) is 4.99 Å². The molecule has 1 aliphatic rings. The van der Waals surface area contributed by atoms with E-state index in [9.17, 15) is 0 Å². The lowest BCUT2D eigenvalue weighted by molar-refractivity contribution is 0.0487. The monoisotopic (exact) mass is 512 g/mol. The fraction of sp³-hybridized carbons (Fsp3) is 0.952. The van der Waals surface area contributed by atoms with Gasteiger partial charge in [0, 0.05) is 26.2 Å². The van der Waals surface area contributed by atoms with E-state index in [-0.39, 0.29) is 24.0 Å². The van der Waals surface area contributed by atoms with Crippen LogP contribution in [0, 0.1) is 0 Å². The van der Waals surface area contributed by atoms with E-state index in [0.717, 1.165) is 45.0 Å². The van der Waals surface area contributed by atoms with Crippen LogP contribution in [0.2, 0.25) is 0 Å². The molecule has 0 amide bonds. The molecule has 0 radical (unpaired) electrons. The van der Waals surface area contributed by atoms with Crippen molar-refractivity contribution in [2.45, 2.75) is 65.2 Å². The highest BCUT2D eigenvalue weighted by Gasteiger charge is 2.08. The van der Waals surface area contributed by atoms with Crippen LogP contribution in [-0.4, -0.2) is 76.6 Å². The summed E-state index contributed by atoms with van der Waals surface area (Å²) in [5, 5.41) is 6.64. The largest absolute Gasteiger partial charge is 0.379 e. The second kappa shape index (κ2) is 21.6. The summed E-state index contributed by atoms with van der Waals surface area (Å²) >= 11 is 0. The lowest BCUT2D eigenvalue weighted by atomic mass is 10.1. The molecule has 0 bridgehead atoms. The van der Waals surface area contributed by atoms with Gasteiger partial charge in [0.15, 0.2) is 5.96 Å². The molecule has 0 atom stereocenters. The third kappa shape index (κ3) is 16.8. The highest BCUT2D eigenvalue weighted by Crippen LogP contribution is 2.09. The van der Waals surface area contributed by atoms with Gasteiger partial charge in [-0.3, -0.25) is 4.99 Å². The van der Waals surface area contributed by atoms with Crippen molar-refractivity contribution in [3.63, 3.8) is 0 Å². The zero-order valence-corrected chi connectivity index (χ0v) is 20.7. The Morgan fingerprint density at radius 1 is 0.857 bits per heavy atom. The number of nitrogens with one attached hydrogen (secondary N) is 2. The molecule has 168 valence electrons. The summed E-state index contributed by atoms with van der Waals surface area (Å²) in [5.41, 5.74) is 0. The van der Waals surface area contributed by atoms with Crippen molar-refractivity contribution in [3.05, 3.63) is 0 Å². The first kappa shape index (κ1) is 27.9. The Balaban J connectivity index is 0.00000729. The van der Waals surface area contributed by atoms with Crippen molar-refractivity contribution in [3.8, 4) is 0 Å². The Morgan fingerprint density at radius 2 is 1.61 bits per heavy atom. The van der Waals surface area contributed by atoms with E-state index in [4.69, 9.17) is 9.47 Å². The standard InChI is InChI=1S/C21H44N4O2.HI/c1-3-5-17-26-19-20-27-18-13-24-21(22-4-2)23-12-8-6-9-14-25-15-10-7-11-16-25;/h3-20H2,1-2H3,(H2,22,23,24);1H. The van der Waals surface area contributed by atoms with Gasteiger partial charge >= 0.3 is 0 Å². The van der Waals surface area contributed by atoms with Crippen LogP contribution in [0.3, 0.4) is 0 Å². The number of unbranched alkanes of at least 4 members (excludes halogenated alkanes) is 3. The molecule has 0 unspecified atom stereocenters. The lowest BCUT2D eigenvalue weighted by Crippen LogP contribution is -2.39. The summed E-state index contributed by atoms with van der Waals surface area (Å²) in [4.78, 5) is 7.28. The average Bonchev–Trinajstić information content (AvgIpc) is 2.70. The highest BCUT2D eigenvalue weighted by molar-refractivity contribution is 14.0. The number of likely N-dealkylation sites (tertiary alicyclic amines) is 1. The maximum absolute atomic E-state index is 5.58. The zero-order valence-electron chi connectivity index (χ0n) is 18.3. The van der Waals surface area contributed by atoms with Gasteiger partial charge in [0.1, 0.15) is 0 Å². The van der Waals surface area contributed by atoms with Gasteiger partial charge in [0.2, 0.25) is 0 Å². The summed E-state index contributed by atoms with van der Waals surface area (Å²) in [6.45, 7) is 13.6. The number of hydrogen-bond donors (Lipinski definition) is 2. The van der Waals surface area contributed by atoms with E-state index in [0.29, 0.717) is 19.8 Å². The Labute approximate surface area is 190 Å². The molecule has 7 heteroatoms. The van der Waals surface area contributed by atoms with Crippen LogP contribution in [0.1, 0.15) is 65.2 Å². The predicted molar refractivity (Wildman–Crippen MR) is 130 cm³/mol. The molecule has 0 saturated carbocycles. The van der Waals surface area contributed by atoms with Gasteiger partial charge in [0.25, 0.3) is 0 Å². The first-order valence-corrected chi connectivity index (χ1v) is 11.3. The topological polar surface area (TPSA) is 58.1 Å². The lowest BCUT2D eigenvalue weighted by Gasteiger charge is -2.26. The van der Waals surface area contributed by atoms with Gasteiger partial charge in [-0.2, -0.15) is 0 Å². The Kier molecular flexibility index (Phi) is 21.5. The maximum atomic E-state index is 5.58. The van der Waals surface area contributed by atoms with Crippen LogP contribution in [-0.2, 0) is 9.47 Å². The number of hydrogen-bond acceptors (Lipinski definition) is 4. The molecule has 0 spiro atoms. The average molecular weight is 513 g/mol. The molecule has 1 fully saturated rings. The zero-order chi connectivity index (χ0) is 19.4. The van der Waals surface area contributed by atoms with Crippen molar-refractivity contribution >= 4 is 29.9 Å². The second-order valence-corrected chi connectivity index (χ2v) is 7.23. The van der Waals surface area contributed by atoms with Crippen LogP contribution in [0.4, 0.5) is 0 Å². The van der Waals surface area contributed by atoms with Gasteiger partial charge in [0.05, 0.1) is 19.8 Å². The second-order valence-electron chi connectivity index (χ2n) is 7.23. The predicted octanol–water partition coefficient (Wildman–Crippen LogP) is 3.65. The molecule has 0 aromatic rings. The van der Waals surface area contributed by atoms with Crippen molar-refractivity contribution in [2.24, 2.45) is 4.99 Å². The molecule has 2 N–H and O–H groups in total. The number of guanidine groups is 1. The summed E-state index contributed by atoms with van der Waals surface area (Å²) in [6, 6.07) is 0. The van der Waals surface area contributed by atoms with Crippen molar-refractivity contribution < 1.29 is 9.47 Å². The van der Waals surface area contributed by atoms with Gasteiger partial charge in [-0.15, -0.1) is 24.0 Å². The molecular formula is C21H45IN4O2. The Morgan fingerprint density at radius 3 is 2.32 bits per heavy atom. The molecule has 1 aliphatic heterocycles. The van der Waals surface area contributed by atoms with Crippen LogP contribution >= 0.6 is 24.0 Å². The smallest absolute Gasteiger partial charge is 0.191 e. The van der Waals surface area contributed by atoms with E-state index in [1.807, 2.05) is 0 Å². The molecule has 1 saturated heterocycles. The van der Waals surface area contributed by atoms with E-state index >= 15 is 0 Å². The SMILES string of the molecule is CCCCOCCOCCNC(=NCCCCCN1CCCCC1)NCC.I. The molecule has 0 aromatic heterocycles. The molecule has 28 heavy (non-hydrogen) atoms. The van der Waals surface area contributed by atoms with Crippen molar-refractivity contribution in [1.82, 2.24) is 15.5 Å². The molecule has 0 aromatic carbocycles. The number of rotatable bonds is 16. The van der Waals surface area contributed by atoms with Gasteiger partial charge in [-0.05, 0) is 58.7 Å². The fourth-order valence-electron chi connectivity index (χ4n) is 3.15. The van der Waals surface area contributed by atoms with Crippen molar-refractivity contribution in [1.29, 1.82) is 0 Å². The van der Waals surface area contributed by atoms with Crippen molar-refractivity contribution in [2.75, 3.05) is 65.7 Å². The van der Waals surface area contributed by atoms with Gasteiger partial charge in [-0.25, -0.2) is 0 Å². The van der Waals surface area contributed by atoms with Crippen LogP contribution in [0.25, 0.3) is 0 Å². The summed E-state index contributed by atoms with van der Waals surface area (Å²) in [6.07, 6.45) is 10.2. The quantitative estimate of drug-likeness (QED) is 0.143. The third-order valence-electron chi connectivity index (χ3n) is 4.75. The Bertz CT molecular complexity index is 353. The minimum absolute atomic E-state index is 0. The molecule has 6 nitrogen and oxygen atoms in total. The molecule has 1 heterocycles. The van der Waals surface area contributed by atoms with E-state index in [1.54, 1.807) is 0 Å². The molecular weight excluding hydrogens is 467 g/mol. The normalized spacial score (nSPS) is 15.3. The number of halogens is 1. The summed E-state index contributed by atoms with van der Waals surface area (Å²) in [7, 11) is 0. The summed E-state index contributed by atoms with van der Waals surface area (Å²) < 4.78 is 11.1. The van der Waals surface area contributed by atoms with E-state index in [2.05, 4.69) is 34.4 Å². The first-order chi connectivity index (χ1) is 13.4. The minimum Gasteiger partial charge on any atom is -0.379 e. The van der Waals surface area contributed by atoms with Gasteiger partial charge < -0.3 is 25.0 Å². The molecule has 1 rings (SSSR count). The molecule has 0 aliphatic carbocycles. The number of aliphatic imine (C=N–C) groups is 1.